The molecule has 1 fully saturated rings. The van der Waals surface area contributed by atoms with Crippen LogP contribution in [0.4, 0.5) is 15.0 Å². The number of hydrogen-bond acceptors (Lipinski definition) is 8. The highest BCUT2D eigenvalue weighted by Gasteiger charge is 2.42. The Morgan fingerprint density at radius 3 is 2.66 bits per heavy atom. The molecule has 2 heterocycles. The molecule has 0 saturated carbocycles. The average Bonchev–Trinajstić information content (AvgIpc) is 2.95. The number of nitrogens with zero attached hydrogens (tertiary/aromatic N) is 3. The van der Waals surface area contributed by atoms with Crippen molar-refractivity contribution in [2.45, 2.75) is 64.6 Å². The lowest BCUT2D eigenvalue weighted by Gasteiger charge is -2.23. The van der Waals surface area contributed by atoms with Gasteiger partial charge in [0.15, 0.2) is 17.9 Å². The lowest BCUT2D eigenvalue weighted by Crippen LogP contribution is -2.40. The molecule has 164 valence electrons. The number of rotatable bonds is 9. The molecule has 0 unspecified atom stereocenters. The van der Waals surface area contributed by atoms with E-state index in [2.05, 4.69) is 4.98 Å². The lowest BCUT2D eigenvalue weighted by molar-refractivity contribution is -0.0355. The van der Waals surface area contributed by atoms with Crippen molar-refractivity contribution >= 4 is 11.9 Å². The van der Waals surface area contributed by atoms with Crippen LogP contribution in [0.5, 0.6) is 0 Å². The summed E-state index contributed by atoms with van der Waals surface area (Å²) in [6.07, 6.45) is -2.38. The maximum Gasteiger partial charge on any atom is 0.417 e. The smallest absolute Gasteiger partial charge is 0.417 e. The zero-order chi connectivity index (χ0) is 21.6. The number of aliphatic hydroxyl groups is 2. The zero-order valence-corrected chi connectivity index (χ0v) is 16.8. The topological polar surface area (TPSA) is 123 Å². The molecule has 4 atom stereocenters. The van der Waals surface area contributed by atoms with Crippen LogP contribution in [0.2, 0.25) is 0 Å². The Kier molecular flexibility index (Phi) is 8.50. The number of amides is 1. The summed E-state index contributed by atoms with van der Waals surface area (Å²) in [5.74, 6) is -1.57. The van der Waals surface area contributed by atoms with Crippen LogP contribution < -0.4 is 10.6 Å². The van der Waals surface area contributed by atoms with Crippen molar-refractivity contribution in [3.8, 4) is 0 Å². The second-order valence-electron chi connectivity index (χ2n) is 6.69. The van der Waals surface area contributed by atoms with Crippen LogP contribution in [0.1, 0.15) is 46.3 Å². The van der Waals surface area contributed by atoms with Gasteiger partial charge >= 0.3 is 11.8 Å². The van der Waals surface area contributed by atoms with Gasteiger partial charge in [0.2, 0.25) is 0 Å². The third kappa shape index (κ3) is 5.50. The van der Waals surface area contributed by atoms with E-state index < -0.39 is 48.0 Å². The number of unbranched alkanes of at least 4 members (excludes halogenated alkanes) is 2. The van der Waals surface area contributed by atoms with Gasteiger partial charge in [0.05, 0.1) is 18.9 Å². The van der Waals surface area contributed by atoms with Crippen molar-refractivity contribution in [3.05, 3.63) is 22.5 Å². The molecular weight excluding hydrogens is 389 g/mol. The zero-order valence-electron chi connectivity index (χ0n) is 16.8. The SMILES string of the molecule is CCCCCOC(=O)N(COCC)c1nc(=O)n([C@@H]2O[C@H](C)[C@@H](O)[C@H]2O)cc1F. The summed E-state index contributed by atoms with van der Waals surface area (Å²) < 4.78 is 31.1. The average molecular weight is 417 g/mol. The number of ether oxygens (including phenoxy) is 3. The molecule has 0 radical (unpaired) electrons. The Morgan fingerprint density at radius 1 is 1.34 bits per heavy atom. The fraction of sp³-hybridized carbons (Fsp3) is 0.722. The summed E-state index contributed by atoms with van der Waals surface area (Å²) in [4.78, 5) is 29.2. The summed E-state index contributed by atoms with van der Waals surface area (Å²) in [6.45, 7) is 5.24. The number of aromatic nitrogens is 2. The van der Waals surface area contributed by atoms with Gasteiger partial charge in [-0.05, 0) is 20.3 Å². The highest BCUT2D eigenvalue weighted by molar-refractivity contribution is 5.86. The molecule has 1 aromatic rings. The molecule has 0 aromatic carbocycles. The van der Waals surface area contributed by atoms with Crippen molar-refractivity contribution in [2.24, 2.45) is 0 Å². The van der Waals surface area contributed by atoms with Crippen molar-refractivity contribution in [3.63, 3.8) is 0 Å². The minimum Gasteiger partial charge on any atom is -0.449 e. The Morgan fingerprint density at radius 2 is 2.07 bits per heavy atom. The van der Waals surface area contributed by atoms with Crippen LogP contribution in [0, 0.1) is 5.82 Å². The van der Waals surface area contributed by atoms with Crippen molar-refractivity contribution in [2.75, 3.05) is 24.8 Å². The van der Waals surface area contributed by atoms with E-state index in [1.165, 1.54) is 6.92 Å². The molecular formula is C18H28FN3O7. The second-order valence-corrected chi connectivity index (χ2v) is 6.69. The number of hydrogen-bond donors (Lipinski definition) is 2. The van der Waals surface area contributed by atoms with Crippen LogP contribution in [0.3, 0.4) is 0 Å². The molecule has 1 aliphatic rings. The van der Waals surface area contributed by atoms with E-state index in [0.29, 0.717) is 6.42 Å². The normalized spacial score (nSPS) is 23.9. The molecule has 0 spiro atoms. The monoisotopic (exact) mass is 417 g/mol. The first-order valence-corrected chi connectivity index (χ1v) is 9.64. The van der Waals surface area contributed by atoms with Crippen molar-refractivity contribution in [1.82, 2.24) is 9.55 Å². The van der Waals surface area contributed by atoms with Gasteiger partial charge in [-0.15, -0.1) is 0 Å². The quantitative estimate of drug-likeness (QED) is 0.453. The van der Waals surface area contributed by atoms with Gasteiger partial charge in [-0.1, -0.05) is 19.8 Å². The van der Waals surface area contributed by atoms with Gasteiger partial charge in [-0.25, -0.2) is 18.9 Å². The second kappa shape index (κ2) is 10.6. The van der Waals surface area contributed by atoms with Gasteiger partial charge in [-0.2, -0.15) is 4.98 Å². The highest BCUT2D eigenvalue weighted by atomic mass is 19.1. The summed E-state index contributed by atoms with van der Waals surface area (Å²) in [6, 6.07) is 0. The maximum atomic E-state index is 14.8. The first-order chi connectivity index (χ1) is 13.8. The fourth-order valence-corrected chi connectivity index (χ4v) is 2.84. The third-order valence-electron chi connectivity index (χ3n) is 4.51. The third-order valence-corrected chi connectivity index (χ3v) is 4.51. The molecule has 1 aromatic heterocycles. The number of carbonyl (C=O) groups excluding carboxylic acids is 1. The predicted molar refractivity (Wildman–Crippen MR) is 99.9 cm³/mol. The first kappa shape index (κ1) is 23.2. The molecule has 1 aliphatic heterocycles. The van der Waals surface area contributed by atoms with E-state index in [1.807, 2.05) is 6.92 Å². The van der Waals surface area contributed by atoms with Gasteiger partial charge in [0.25, 0.3) is 0 Å². The van der Waals surface area contributed by atoms with E-state index >= 15 is 0 Å². The standard InChI is InChI=1S/C18H28FN3O7/c1-4-6-7-8-28-18(26)22(10-27-5-2)15-12(19)9-21(17(25)20-15)16-14(24)13(23)11(3)29-16/h9,11,13-14,16,23-24H,4-8,10H2,1-3H3/t11-,13-,14-,16-/m1/s1. The van der Waals surface area contributed by atoms with Crippen LogP contribution in [-0.4, -0.2) is 64.1 Å². The van der Waals surface area contributed by atoms with Gasteiger partial charge in [0.1, 0.15) is 18.9 Å². The van der Waals surface area contributed by atoms with Crippen LogP contribution in [0.15, 0.2) is 11.0 Å². The van der Waals surface area contributed by atoms with E-state index in [4.69, 9.17) is 14.2 Å². The van der Waals surface area contributed by atoms with E-state index in [-0.39, 0.29) is 19.9 Å². The highest BCUT2D eigenvalue weighted by Crippen LogP contribution is 2.28. The summed E-state index contributed by atoms with van der Waals surface area (Å²) in [7, 11) is 0. The Bertz CT molecular complexity index is 745. The number of aliphatic hydroxyl groups excluding tert-OH is 2. The fourth-order valence-electron chi connectivity index (χ4n) is 2.84. The minimum absolute atomic E-state index is 0.145. The van der Waals surface area contributed by atoms with Crippen molar-refractivity contribution < 1.29 is 33.6 Å². The molecule has 10 nitrogen and oxygen atoms in total. The maximum absolute atomic E-state index is 14.8. The minimum atomic E-state index is -1.43. The largest absolute Gasteiger partial charge is 0.449 e. The molecule has 1 saturated heterocycles. The lowest BCUT2D eigenvalue weighted by atomic mass is 10.1. The van der Waals surface area contributed by atoms with E-state index in [0.717, 1.165) is 28.5 Å². The molecule has 0 bridgehead atoms. The Labute approximate surface area is 167 Å². The van der Waals surface area contributed by atoms with Crippen molar-refractivity contribution in [1.29, 1.82) is 0 Å². The van der Waals surface area contributed by atoms with Crippen LogP contribution in [-0.2, 0) is 14.2 Å². The van der Waals surface area contributed by atoms with Gasteiger partial charge < -0.3 is 24.4 Å². The summed E-state index contributed by atoms with van der Waals surface area (Å²) in [5.41, 5.74) is -0.966. The van der Waals surface area contributed by atoms with E-state index in [9.17, 15) is 24.2 Å². The molecule has 29 heavy (non-hydrogen) atoms. The first-order valence-electron chi connectivity index (χ1n) is 9.64. The van der Waals surface area contributed by atoms with Crippen LogP contribution in [0.25, 0.3) is 0 Å². The Hall–Kier alpha value is -2.08. The summed E-state index contributed by atoms with van der Waals surface area (Å²) >= 11 is 0. The molecule has 11 heteroatoms. The predicted octanol–water partition coefficient (Wildman–Crippen LogP) is 1.15. The molecule has 2 rings (SSSR count). The Balaban J connectivity index is 2.26. The summed E-state index contributed by atoms with van der Waals surface area (Å²) in [5, 5.41) is 19.8. The van der Waals surface area contributed by atoms with E-state index in [1.54, 1.807) is 6.92 Å². The number of anilines is 1. The number of halogens is 1. The number of carbonyl (C=O) groups is 1. The van der Waals surface area contributed by atoms with Gasteiger partial charge in [-0.3, -0.25) is 4.57 Å². The molecule has 1 amide bonds. The molecule has 2 N–H and O–H groups in total. The van der Waals surface area contributed by atoms with Crippen LogP contribution >= 0.6 is 0 Å². The van der Waals surface area contributed by atoms with Gasteiger partial charge in [0, 0.05) is 6.61 Å². The molecule has 0 aliphatic carbocycles.